The standard InChI is InChI=1S/C9H15FO2S/c1-8(2,7(11)12)9(10)3-5-13-6-4-9/h3-6H2,1-2H3,(H,11,12). The lowest BCUT2D eigenvalue weighted by Gasteiger charge is -2.39. The van der Waals surface area contributed by atoms with E-state index < -0.39 is 17.1 Å². The summed E-state index contributed by atoms with van der Waals surface area (Å²) in [7, 11) is 0. The number of carbonyl (C=O) groups is 1. The SMILES string of the molecule is CC(C)(C(=O)O)C1(F)CCSCC1. The van der Waals surface area contributed by atoms with E-state index in [1.54, 1.807) is 11.8 Å². The molecule has 1 saturated heterocycles. The summed E-state index contributed by atoms with van der Waals surface area (Å²) in [6.07, 6.45) is 0.716. The van der Waals surface area contributed by atoms with Crippen LogP contribution in [0.25, 0.3) is 0 Å². The zero-order valence-corrected chi connectivity index (χ0v) is 8.79. The largest absolute Gasteiger partial charge is 0.481 e. The number of alkyl halides is 1. The second-order valence-electron chi connectivity index (χ2n) is 4.01. The van der Waals surface area contributed by atoms with Gasteiger partial charge in [-0.15, -0.1) is 0 Å². The Morgan fingerprint density at radius 1 is 1.46 bits per heavy atom. The lowest BCUT2D eigenvalue weighted by molar-refractivity contribution is -0.157. The van der Waals surface area contributed by atoms with E-state index in [1.807, 2.05) is 0 Å². The molecule has 0 spiro atoms. The molecule has 4 heteroatoms. The summed E-state index contributed by atoms with van der Waals surface area (Å²) in [5.41, 5.74) is -2.78. The lowest BCUT2D eigenvalue weighted by atomic mass is 9.73. The number of thioether (sulfide) groups is 1. The first-order valence-corrected chi connectivity index (χ1v) is 5.56. The Kier molecular flexibility index (Phi) is 2.90. The fourth-order valence-electron chi connectivity index (χ4n) is 1.51. The Bertz CT molecular complexity index is 210. The van der Waals surface area contributed by atoms with Crippen LogP contribution in [0.15, 0.2) is 0 Å². The van der Waals surface area contributed by atoms with Crippen molar-refractivity contribution in [2.75, 3.05) is 11.5 Å². The quantitative estimate of drug-likeness (QED) is 0.753. The zero-order valence-electron chi connectivity index (χ0n) is 7.97. The summed E-state index contributed by atoms with van der Waals surface area (Å²) in [6, 6.07) is 0. The van der Waals surface area contributed by atoms with Gasteiger partial charge in [0.2, 0.25) is 0 Å². The van der Waals surface area contributed by atoms with Crippen molar-refractivity contribution in [1.29, 1.82) is 0 Å². The molecule has 0 unspecified atom stereocenters. The van der Waals surface area contributed by atoms with Crippen molar-refractivity contribution in [1.82, 2.24) is 0 Å². The van der Waals surface area contributed by atoms with Crippen molar-refractivity contribution in [2.45, 2.75) is 32.4 Å². The molecule has 0 aromatic heterocycles. The van der Waals surface area contributed by atoms with Crippen molar-refractivity contribution in [3.05, 3.63) is 0 Å². The van der Waals surface area contributed by atoms with Gasteiger partial charge in [0.15, 0.2) is 0 Å². The summed E-state index contributed by atoms with van der Waals surface area (Å²) in [5, 5.41) is 8.91. The monoisotopic (exact) mass is 206 g/mol. The molecule has 0 saturated carbocycles. The van der Waals surface area contributed by atoms with Gasteiger partial charge in [0.1, 0.15) is 5.67 Å². The lowest BCUT2D eigenvalue weighted by Crippen LogP contribution is -2.48. The molecule has 0 atom stereocenters. The van der Waals surface area contributed by atoms with Gasteiger partial charge in [-0.1, -0.05) is 0 Å². The van der Waals surface area contributed by atoms with Gasteiger partial charge in [-0.25, -0.2) is 4.39 Å². The van der Waals surface area contributed by atoms with E-state index in [0.29, 0.717) is 12.8 Å². The molecule has 1 heterocycles. The van der Waals surface area contributed by atoms with E-state index in [-0.39, 0.29) is 0 Å². The summed E-state index contributed by atoms with van der Waals surface area (Å²) in [5.74, 6) is 0.419. The summed E-state index contributed by atoms with van der Waals surface area (Å²) in [4.78, 5) is 10.9. The summed E-state index contributed by atoms with van der Waals surface area (Å²) in [6.45, 7) is 2.96. The molecule has 13 heavy (non-hydrogen) atoms. The number of hydrogen-bond donors (Lipinski definition) is 1. The van der Waals surface area contributed by atoms with E-state index in [1.165, 1.54) is 13.8 Å². The molecule has 1 fully saturated rings. The van der Waals surface area contributed by atoms with E-state index in [0.717, 1.165) is 11.5 Å². The third kappa shape index (κ3) is 1.82. The van der Waals surface area contributed by atoms with Crippen molar-refractivity contribution in [3.63, 3.8) is 0 Å². The first kappa shape index (κ1) is 10.8. The summed E-state index contributed by atoms with van der Waals surface area (Å²) < 4.78 is 14.2. The number of halogens is 1. The first-order valence-electron chi connectivity index (χ1n) is 4.40. The van der Waals surface area contributed by atoms with Crippen LogP contribution in [-0.2, 0) is 4.79 Å². The smallest absolute Gasteiger partial charge is 0.312 e. The highest BCUT2D eigenvalue weighted by molar-refractivity contribution is 7.99. The maximum absolute atomic E-state index is 14.2. The molecule has 0 aromatic carbocycles. The van der Waals surface area contributed by atoms with Gasteiger partial charge in [0.25, 0.3) is 0 Å². The van der Waals surface area contributed by atoms with Gasteiger partial charge in [-0.3, -0.25) is 4.79 Å². The predicted octanol–water partition coefficient (Wildman–Crippen LogP) is 2.33. The van der Waals surface area contributed by atoms with Crippen molar-refractivity contribution in [3.8, 4) is 0 Å². The molecular formula is C9H15FO2S. The predicted molar refractivity (Wildman–Crippen MR) is 51.8 cm³/mol. The van der Waals surface area contributed by atoms with Crippen LogP contribution in [0.3, 0.4) is 0 Å². The molecule has 0 aromatic rings. The van der Waals surface area contributed by atoms with Crippen LogP contribution < -0.4 is 0 Å². The minimum absolute atomic E-state index is 0.358. The second kappa shape index (κ2) is 3.48. The number of aliphatic carboxylic acids is 1. The third-order valence-electron chi connectivity index (χ3n) is 2.94. The number of hydrogen-bond acceptors (Lipinski definition) is 2. The van der Waals surface area contributed by atoms with Crippen LogP contribution in [0.5, 0.6) is 0 Å². The first-order chi connectivity index (χ1) is 5.90. The second-order valence-corrected chi connectivity index (χ2v) is 5.23. The fourth-order valence-corrected chi connectivity index (χ4v) is 2.65. The Morgan fingerprint density at radius 2 is 1.92 bits per heavy atom. The molecular weight excluding hydrogens is 191 g/mol. The van der Waals surface area contributed by atoms with E-state index in [2.05, 4.69) is 0 Å². The summed E-state index contributed by atoms with van der Waals surface area (Å²) >= 11 is 1.69. The molecule has 0 radical (unpaired) electrons. The molecule has 0 bridgehead atoms. The van der Waals surface area contributed by atoms with Crippen LogP contribution in [0, 0.1) is 5.41 Å². The topological polar surface area (TPSA) is 37.3 Å². The Hall–Kier alpha value is -0.250. The highest BCUT2D eigenvalue weighted by atomic mass is 32.2. The van der Waals surface area contributed by atoms with Gasteiger partial charge >= 0.3 is 5.97 Å². The van der Waals surface area contributed by atoms with Crippen LogP contribution >= 0.6 is 11.8 Å². The molecule has 1 aliphatic rings. The van der Waals surface area contributed by atoms with Crippen molar-refractivity contribution >= 4 is 17.7 Å². The maximum atomic E-state index is 14.2. The van der Waals surface area contributed by atoms with Gasteiger partial charge in [0, 0.05) is 0 Å². The molecule has 76 valence electrons. The normalized spacial score (nSPS) is 22.7. The van der Waals surface area contributed by atoms with Gasteiger partial charge < -0.3 is 5.11 Å². The Labute approximate surface area is 81.9 Å². The molecule has 0 aliphatic carbocycles. The van der Waals surface area contributed by atoms with Crippen LogP contribution in [0.4, 0.5) is 4.39 Å². The van der Waals surface area contributed by atoms with Gasteiger partial charge in [-0.2, -0.15) is 11.8 Å². The van der Waals surface area contributed by atoms with E-state index >= 15 is 0 Å². The zero-order chi connectivity index (χ0) is 10.1. The third-order valence-corrected chi connectivity index (χ3v) is 3.93. The van der Waals surface area contributed by atoms with E-state index in [9.17, 15) is 9.18 Å². The van der Waals surface area contributed by atoms with Crippen LogP contribution in [0.2, 0.25) is 0 Å². The van der Waals surface area contributed by atoms with Crippen LogP contribution in [0.1, 0.15) is 26.7 Å². The molecule has 1 N–H and O–H groups in total. The molecule has 1 rings (SSSR count). The highest BCUT2D eigenvalue weighted by Gasteiger charge is 2.51. The van der Waals surface area contributed by atoms with Crippen molar-refractivity contribution < 1.29 is 14.3 Å². The average molecular weight is 206 g/mol. The number of rotatable bonds is 2. The highest BCUT2D eigenvalue weighted by Crippen LogP contribution is 2.44. The Balaban J connectivity index is 2.82. The molecule has 1 aliphatic heterocycles. The van der Waals surface area contributed by atoms with Gasteiger partial charge in [0.05, 0.1) is 5.41 Å². The van der Waals surface area contributed by atoms with Gasteiger partial charge in [-0.05, 0) is 38.2 Å². The van der Waals surface area contributed by atoms with Crippen molar-refractivity contribution in [2.24, 2.45) is 5.41 Å². The van der Waals surface area contributed by atoms with E-state index in [4.69, 9.17) is 5.11 Å². The number of carboxylic acids is 1. The molecule has 2 nitrogen and oxygen atoms in total. The Morgan fingerprint density at radius 3 is 2.31 bits per heavy atom. The minimum atomic E-state index is -1.52. The maximum Gasteiger partial charge on any atom is 0.312 e. The number of carboxylic acid groups (broad SMARTS) is 1. The fraction of sp³-hybridized carbons (Fsp3) is 0.889. The minimum Gasteiger partial charge on any atom is -0.481 e. The average Bonchev–Trinajstić information content (AvgIpc) is 2.05. The van der Waals surface area contributed by atoms with Crippen LogP contribution in [-0.4, -0.2) is 28.3 Å². The molecule has 0 amide bonds.